The molecule has 0 saturated carbocycles. The van der Waals surface area contributed by atoms with Crippen LogP contribution in [0.5, 0.6) is 11.5 Å². The van der Waals surface area contributed by atoms with E-state index in [0.29, 0.717) is 29.5 Å². The molecule has 0 aliphatic heterocycles. The number of carbonyl (C=O) groups excluding carboxylic acids is 2. The average molecular weight is 509 g/mol. The van der Waals surface area contributed by atoms with E-state index in [-0.39, 0.29) is 30.9 Å². The smallest absolute Gasteiger partial charge is 0.261 e. The van der Waals surface area contributed by atoms with Gasteiger partial charge in [0.25, 0.3) is 5.91 Å². The van der Waals surface area contributed by atoms with Crippen LogP contribution < -0.4 is 14.8 Å². The van der Waals surface area contributed by atoms with Gasteiger partial charge in [-0.25, -0.2) is 0 Å². The van der Waals surface area contributed by atoms with Crippen LogP contribution >= 0.6 is 11.6 Å². The lowest BCUT2D eigenvalue weighted by Gasteiger charge is -2.31. The predicted molar refractivity (Wildman–Crippen MR) is 142 cm³/mol. The Hall–Kier alpha value is -3.51. The number of benzene rings is 3. The molecule has 3 aromatic rings. The molecule has 7 heteroatoms. The Labute approximate surface area is 218 Å². The number of hydrogen-bond donors (Lipinski definition) is 1. The van der Waals surface area contributed by atoms with Gasteiger partial charge in [-0.3, -0.25) is 9.59 Å². The van der Waals surface area contributed by atoms with E-state index in [2.05, 4.69) is 5.32 Å². The monoisotopic (exact) mass is 508 g/mol. The Bertz CT molecular complexity index is 1140. The SMILES string of the molecule is COc1cccc(CN(C(=O)COc2cccc(Cl)c2)C(Cc2ccccc2)C(=O)NCC(C)C)c1. The number of methoxy groups -OCH3 is 1. The molecule has 3 rings (SSSR count). The molecule has 0 spiro atoms. The Kier molecular flexibility index (Phi) is 10.2. The molecule has 36 heavy (non-hydrogen) atoms. The summed E-state index contributed by atoms with van der Waals surface area (Å²) in [5.74, 6) is 0.935. The van der Waals surface area contributed by atoms with Gasteiger partial charge in [-0.05, 0) is 47.4 Å². The summed E-state index contributed by atoms with van der Waals surface area (Å²) >= 11 is 6.06. The summed E-state index contributed by atoms with van der Waals surface area (Å²) in [6.45, 7) is 4.58. The fourth-order valence-electron chi connectivity index (χ4n) is 3.73. The van der Waals surface area contributed by atoms with E-state index in [1.807, 2.05) is 68.4 Å². The fourth-order valence-corrected chi connectivity index (χ4v) is 3.91. The van der Waals surface area contributed by atoms with E-state index in [1.165, 1.54) is 0 Å². The predicted octanol–water partition coefficient (Wildman–Crippen LogP) is 5.14. The summed E-state index contributed by atoms with van der Waals surface area (Å²) in [5, 5.41) is 3.53. The van der Waals surface area contributed by atoms with Gasteiger partial charge in [0, 0.05) is 24.5 Å². The zero-order chi connectivity index (χ0) is 25.9. The summed E-state index contributed by atoms with van der Waals surface area (Å²) in [7, 11) is 1.60. The lowest BCUT2D eigenvalue weighted by molar-refractivity contribution is -0.142. The molecule has 0 aliphatic rings. The zero-order valence-electron chi connectivity index (χ0n) is 20.9. The minimum Gasteiger partial charge on any atom is -0.497 e. The van der Waals surface area contributed by atoms with Crippen LogP contribution in [0.25, 0.3) is 0 Å². The second-order valence-electron chi connectivity index (χ2n) is 8.96. The molecule has 1 unspecified atom stereocenters. The molecule has 0 saturated heterocycles. The van der Waals surface area contributed by atoms with E-state index in [1.54, 1.807) is 36.3 Å². The molecule has 1 atom stereocenters. The van der Waals surface area contributed by atoms with E-state index >= 15 is 0 Å². The van der Waals surface area contributed by atoms with E-state index in [9.17, 15) is 9.59 Å². The number of ether oxygens (including phenoxy) is 2. The molecular weight excluding hydrogens is 476 g/mol. The van der Waals surface area contributed by atoms with Gasteiger partial charge in [-0.2, -0.15) is 0 Å². The molecular formula is C29H33ClN2O4. The normalized spacial score (nSPS) is 11.6. The lowest BCUT2D eigenvalue weighted by atomic mass is 10.0. The molecule has 2 amide bonds. The van der Waals surface area contributed by atoms with Crippen molar-refractivity contribution < 1.29 is 19.1 Å². The highest BCUT2D eigenvalue weighted by Gasteiger charge is 2.30. The molecule has 3 aromatic carbocycles. The van der Waals surface area contributed by atoms with Crippen LogP contribution in [0.4, 0.5) is 0 Å². The maximum absolute atomic E-state index is 13.6. The molecule has 0 fully saturated rings. The van der Waals surface area contributed by atoms with E-state index < -0.39 is 6.04 Å². The number of halogens is 1. The van der Waals surface area contributed by atoms with Gasteiger partial charge in [-0.15, -0.1) is 0 Å². The van der Waals surface area contributed by atoms with Crippen molar-refractivity contribution in [3.63, 3.8) is 0 Å². The van der Waals surface area contributed by atoms with Gasteiger partial charge in [-0.1, -0.05) is 74.0 Å². The molecule has 0 radical (unpaired) electrons. The zero-order valence-corrected chi connectivity index (χ0v) is 21.7. The van der Waals surface area contributed by atoms with Gasteiger partial charge in [0.1, 0.15) is 17.5 Å². The van der Waals surface area contributed by atoms with Crippen molar-refractivity contribution in [1.29, 1.82) is 0 Å². The molecule has 0 bridgehead atoms. The van der Waals surface area contributed by atoms with Gasteiger partial charge in [0.05, 0.1) is 7.11 Å². The number of hydrogen-bond acceptors (Lipinski definition) is 4. The Morgan fingerprint density at radius 2 is 1.61 bits per heavy atom. The van der Waals surface area contributed by atoms with Crippen LogP contribution in [0.15, 0.2) is 78.9 Å². The van der Waals surface area contributed by atoms with E-state index in [4.69, 9.17) is 21.1 Å². The van der Waals surface area contributed by atoms with Crippen molar-refractivity contribution in [2.75, 3.05) is 20.3 Å². The highest BCUT2D eigenvalue weighted by atomic mass is 35.5. The highest BCUT2D eigenvalue weighted by molar-refractivity contribution is 6.30. The van der Waals surface area contributed by atoms with Crippen molar-refractivity contribution in [3.8, 4) is 11.5 Å². The van der Waals surface area contributed by atoms with Crippen molar-refractivity contribution in [2.45, 2.75) is 32.9 Å². The lowest BCUT2D eigenvalue weighted by Crippen LogP contribution is -2.52. The minimum atomic E-state index is -0.729. The van der Waals surface area contributed by atoms with Crippen LogP contribution in [0.2, 0.25) is 5.02 Å². The van der Waals surface area contributed by atoms with Crippen LogP contribution in [0.3, 0.4) is 0 Å². The van der Waals surface area contributed by atoms with Crippen molar-refractivity contribution in [1.82, 2.24) is 10.2 Å². The second kappa shape index (κ2) is 13.5. The maximum atomic E-state index is 13.6. The minimum absolute atomic E-state index is 0.202. The quantitative estimate of drug-likeness (QED) is 0.368. The van der Waals surface area contributed by atoms with Crippen molar-refractivity contribution in [2.24, 2.45) is 5.92 Å². The maximum Gasteiger partial charge on any atom is 0.261 e. The fraction of sp³-hybridized carbons (Fsp3) is 0.310. The van der Waals surface area contributed by atoms with Crippen LogP contribution in [0.1, 0.15) is 25.0 Å². The summed E-state index contributed by atoms with van der Waals surface area (Å²) in [4.78, 5) is 28.6. The number of nitrogens with one attached hydrogen (secondary N) is 1. The molecule has 6 nitrogen and oxygen atoms in total. The Balaban J connectivity index is 1.91. The highest BCUT2D eigenvalue weighted by Crippen LogP contribution is 2.20. The standard InChI is InChI=1S/C29H33ClN2O4/c1-21(2)18-31-29(34)27(16-22-9-5-4-6-10-22)32(19-23-11-7-13-25(15-23)35-3)28(33)20-36-26-14-8-12-24(30)17-26/h4-15,17,21,27H,16,18-20H2,1-3H3,(H,31,34). The van der Waals surface area contributed by atoms with E-state index in [0.717, 1.165) is 11.1 Å². The van der Waals surface area contributed by atoms with Crippen LogP contribution in [-0.2, 0) is 22.6 Å². The molecule has 0 aromatic heterocycles. The second-order valence-corrected chi connectivity index (χ2v) is 9.40. The largest absolute Gasteiger partial charge is 0.497 e. The van der Waals surface area contributed by atoms with Crippen LogP contribution in [-0.4, -0.2) is 43.0 Å². The third-order valence-corrected chi connectivity index (χ3v) is 5.84. The van der Waals surface area contributed by atoms with Crippen molar-refractivity contribution in [3.05, 3.63) is 95.0 Å². The first-order valence-corrected chi connectivity index (χ1v) is 12.4. The van der Waals surface area contributed by atoms with Gasteiger partial charge < -0.3 is 19.7 Å². The number of rotatable bonds is 12. The third kappa shape index (κ3) is 8.31. The van der Waals surface area contributed by atoms with Gasteiger partial charge >= 0.3 is 0 Å². The first-order valence-electron chi connectivity index (χ1n) is 12.0. The first-order chi connectivity index (χ1) is 17.4. The number of carbonyl (C=O) groups is 2. The van der Waals surface area contributed by atoms with Gasteiger partial charge in [0.15, 0.2) is 6.61 Å². The van der Waals surface area contributed by atoms with Crippen molar-refractivity contribution >= 4 is 23.4 Å². The summed E-state index contributed by atoms with van der Waals surface area (Å²) < 4.78 is 11.1. The summed E-state index contributed by atoms with van der Waals surface area (Å²) in [5.41, 5.74) is 1.81. The number of nitrogens with zero attached hydrogens (tertiary/aromatic N) is 1. The van der Waals surface area contributed by atoms with Crippen LogP contribution in [0, 0.1) is 5.92 Å². The molecule has 1 N–H and O–H groups in total. The molecule has 190 valence electrons. The Morgan fingerprint density at radius 1 is 0.917 bits per heavy atom. The first kappa shape index (κ1) is 27.1. The summed E-state index contributed by atoms with van der Waals surface area (Å²) in [6.07, 6.45) is 0.373. The average Bonchev–Trinajstić information content (AvgIpc) is 2.88. The molecule has 0 aliphatic carbocycles. The summed E-state index contributed by atoms with van der Waals surface area (Å²) in [6, 6.07) is 23.3. The van der Waals surface area contributed by atoms with Gasteiger partial charge in [0.2, 0.25) is 5.91 Å². The third-order valence-electron chi connectivity index (χ3n) is 5.60. The Morgan fingerprint density at radius 3 is 2.31 bits per heavy atom. The molecule has 0 heterocycles. The number of amides is 2. The topological polar surface area (TPSA) is 67.9 Å².